The Hall–Kier alpha value is -0.640. The number of aliphatic hydroxyl groups excluding tert-OH is 1. The third kappa shape index (κ3) is 3.78. The highest BCUT2D eigenvalue weighted by Crippen LogP contribution is 2.24. The van der Waals surface area contributed by atoms with Crippen molar-refractivity contribution >= 4 is 11.6 Å². The van der Waals surface area contributed by atoms with Gasteiger partial charge in [0, 0.05) is 5.02 Å². The Balaban J connectivity index is 2.91. The summed E-state index contributed by atoms with van der Waals surface area (Å²) in [5, 5.41) is 9.63. The molecular weight excluding hydrogens is 217 g/mol. The molecule has 84 valence electrons. The van der Waals surface area contributed by atoms with Crippen LogP contribution in [0.15, 0.2) is 18.2 Å². The van der Waals surface area contributed by atoms with E-state index in [1.165, 1.54) is 12.1 Å². The van der Waals surface area contributed by atoms with Gasteiger partial charge in [-0.3, -0.25) is 0 Å². The molecule has 0 aliphatic heterocycles. The van der Waals surface area contributed by atoms with E-state index in [0.717, 1.165) is 5.56 Å². The molecule has 3 N–H and O–H groups in total. The zero-order chi connectivity index (χ0) is 11.4. The summed E-state index contributed by atoms with van der Waals surface area (Å²) in [6.07, 6.45) is 0.0524. The largest absolute Gasteiger partial charge is 0.393 e. The van der Waals surface area contributed by atoms with Crippen LogP contribution in [0.25, 0.3) is 0 Å². The van der Waals surface area contributed by atoms with E-state index >= 15 is 0 Å². The summed E-state index contributed by atoms with van der Waals surface area (Å²) in [6.45, 7) is 2.05. The monoisotopic (exact) mass is 231 g/mol. The Labute approximate surface area is 93.9 Å². The third-order valence-electron chi connectivity index (χ3n) is 2.27. The number of hydrogen-bond donors (Lipinski definition) is 2. The second-order valence-corrected chi connectivity index (χ2v) is 4.16. The molecule has 1 aromatic rings. The smallest absolute Gasteiger partial charge is 0.124 e. The van der Waals surface area contributed by atoms with E-state index in [1.54, 1.807) is 13.0 Å². The average Bonchev–Trinajstić information content (AvgIpc) is 2.12. The van der Waals surface area contributed by atoms with Crippen LogP contribution in [0.3, 0.4) is 0 Å². The van der Waals surface area contributed by atoms with Crippen molar-refractivity contribution in [2.45, 2.75) is 25.4 Å². The molecule has 0 heterocycles. The number of benzene rings is 1. The first-order valence-electron chi connectivity index (χ1n) is 4.87. The first-order chi connectivity index (χ1) is 7.02. The molecule has 2 unspecified atom stereocenters. The fourth-order valence-electron chi connectivity index (χ4n) is 1.59. The van der Waals surface area contributed by atoms with E-state index in [9.17, 15) is 9.50 Å². The first kappa shape index (κ1) is 12.4. The van der Waals surface area contributed by atoms with Crippen molar-refractivity contribution < 1.29 is 9.50 Å². The van der Waals surface area contributed by atoms with Gasteiger partial charge in [0.2, 0.25) is 0 Å². The molecule has 0 saturated heterocycles. The van der Waals surface area contributed by atoms with Gasteiger partial charge in [0.15, 0.2) is 0 Å². The molecule has 1 aromatic carbocycles. The fraction of sp³-hybridized carbons (Fsp3) is 0.455. The van der Waals surface area contributed by atoms with E-state index in [-0.39, 0.29) is 11.7 Å². The van der Waals surface area contributed by atoms with Gasteiger partial charge in [0.25, 0.3) is 0 Å². The van der Waals surface area contributed by atoms with Crippen LogP contribution in [0.4, 0.5) is 4.39 Å². The van der Waals surface area contributed by atoms with Crippen LogP contribution in [0.1, 0.15) is 24.8 Å². The highest BCUT2D eigenvalue weighted by atomic mass is 35.5. The lowest BCUT2D eigenvalue weighted by atomic mass is 9.93. The van der Waals surface area contributed by atoms with Gasteiger partial charge in [-0.2, -0.15) is 0 Å². The summed E-state index contributed by atoms with van der Waals surface area (Å²) in [5.74, 6) is -0.431. The topological polar surface area (TPSA) is 46.2 Å². The number of halogens is 2. The average molecular weight is 232 g/mol. The molecule has 0 spiro atoms. The number of rotatable bonds is 4. The quantitative estimate of drug-likeness (QED) is 0.835. The van der Waals surface area contributed by atoms with Crippen molar-refractivity contribution in [3.8, 4) is 0 Å². The van der Waals surface area contributed by atoms with Gasteiger partial charge >= 0.3 is 0 Å². The Morgan fingerprint density at radius 3 is 2.60 bits per heavy atom. The van der Waals surface area contributed by atoms with E-state index in [1.807, 2.05) is 0 Å². The number of nitrogens with two attached hydrogens (primary N) is 1. The Morgan fingerprint density at radius 2 is 2.13 bits per heavy atom. The van der Waals surface area contributed by atoms with Crippen molar-refractivity contribution in [2.75, 3.05) is 6.54 Å². The van der Waals surface area contributed by atoms with Crippen LogP contribution in [-0.2, 0) is 0 Å². The Morgan fingerprint density at radius 1 is 1.47 bits per heavy atom. The van der Waals surface area contributed by atoms with Gasteiger partial charge in [0.05, 0.1) is 6.10 Å². The SMILES string of the molecule is CC(O)CC(CN)c1cc(F)cc(Cl)c1. The summed E-state index contributed by atoms with van der Waals surface area (Å²) in [6, 6.07) is 4.34. The molecule has 2 nitrogen and oxygen atoms in total. The molecule has 0 fully saturated rings. The van der Waals surface area contributed by atoms with Crippen molar-refractivity contribution in [2.24, 2.45) is 5.73 Å². The molecule has 0 amide bonds. The first-order valence-corrected chi connectivity index (χ1v) is 5.25. The highest BCUT2D eigenvalue weighted by molar-refractivity contribution is 6.30. The molecule has 15 heavy (non-hydrogen) atoms. The summed E-state index contributed by atoms with van der Waals surface area (Å²) < 4.78 is 13.1. The fourth-order valence-corrected chi connectivity index (χ4v) is 1.82. The van der Waals surface area contributed by atoms with Crippen LogP contribution in [0.2, 0.25) is 5.02 Å². The maximum Gasteiger partial charge on any atom is 0.124 e. The van der Waals surface area contributed by atoms with Crippen molar-refractivity contribution in [3.63, 3.8) is 0 Å². The van der Waals surface area contributed by atoms with E-state index in [0.29, 0.717) is 18.0 Å². The van der Waals surface area contributed by atoms with E-state index < -0.39 is 6.10 Å². The second-order valence-electron chi connectivity index (χ2n) is 3.72. The number of hydrogen-bond acceptors (Lipinski definition) is 2. The lowest BCUT2D eigenvalue weighted by Gasteiger charge is -2.17. The zero-order valence-electron chi connectivity index (χ0n) is 8.58. The van der Waals surface area contributed by atoms with E-state index in [2.05, 4.69) is 0 Å². The van der Waals surface area contributed by atoms with Crippen LogP contribution in [0, 0.1) is 5.82 Å². The second kappa shape index (κ2) is 5.45. The lowest BCUT2D eigenvalue weighted by molar-refractivity contribution is 0.175. The Bertz CT molecular complexity index is 310. The summed E-state index contributed by atoms with van der Waals surface area (Å²) in [5.41, 5.74) is 6.32. The van der Waals surface area contributed by atoms with Crippen molar-refractivity contribution in [1.29, 1.82) is 0 Å². The predicted molar refractivity (Wildman–Crippen MR) is 59.5 cm³/mol. The maximum atomic E-state index is 13.1. The molecule has 4 heteroatoms. The summed E-state index contributed by atoms with van der Waals surface area (Å²) in [7, 11) is 0. The number of aliphatic hydroxyl groups is 1. The zero-order valence-corrected chi connectivity index (χ0v) is 9.34. The van der Waals surface area contributed by atoms with Crippen LogP contribution < -0.4 is 5.73 Å². The minimum atomic E-state index is -0.458. The highest BCUT2D eigenvalue weighted by Gasteiger charge is 2.14. The standard InChI is InChI=1S/C11H15ClFNO/c1-7(15)2-9(6-14)8-3-10(12)5-11(13)4-8/h3-5,7,9,15H,2,6,14H2,1H3. The van der Waals surface area contributed by atoms with Gasteiger partial charge < -0.3 is 10.8 Å². The minimum absolute atomic E-state index is 0.0572. The molecule has 1 rings (SSSR count). The van der Waals surface area contributed by atoms with E-state index in [4.69, 9.17) is 17.3 Å². The third-order valence-corrected chi connectivity index (χ3v) is 2.48. The maximum absolute atomic E-state index is 13.1. The molecular formula is C11H15ClFNO. The Kier molecular flexibility index (Phi) is 4.51. The van der Waals surface area contributed by atoms with Crippen LogP contribution in [0.5, 0.6) is 0 Å². The normalized spacial score (nSPS) is 15.0. The molecule has 0 aliphatic carbocycles. The molecule has 0 radical (unpaired) electrons. The lowest BCUT2D eigenvalue weighted by Crippen LogP contribution is -2.17. The summed E-state index contributed by atoms with van der Waals surface area (Å²) in [4.78, 5) is 0. The van der Waals surface area contributed by atoms with Crippen LogP contribution >= 0.6 is 11.6 Å². The minimum Gasteiger partial charge on any atom is -0.393 e. The molecule has 2 atom stereocenters. The van der Waals surface area contributed by atoms with Gasteiger partial charge in [-0.15, -0.1) is 0 Å². The van der Waals surface area contributed by atoms with Gasteiger partial charge in [-0.1, -0.05) is 11.6 Å². The molecule has 0 aliphatic rings. The van der Waals surface area contributed by atoms with Crippen LogP contribution in [-0.4, -0.2) is 17.8 Å². The van der Waals surface area contributed by atoms with Crippen molar-refractivity contribution in [1.82, 2.24) is 0 Å². The summed E-state index contributed by atoms with van der Waals surface area (Å²) >= 11 is 5.74. The molecule has 0 aromatic heterocycles. The van der Waals surface area contributed by atoms with Gasteiger partial charge in [0.1, 0.15) is 5.82 Å². The predicted octanol–water partition coefficient (Wildman–Crippen LogP) is 2.29. The molecule has 0 saturated carbocycles. The van der Waals surface area contributed by atoms with Gasteiger partial charge in [-0.05, 0) is 49.6 Å². The molecule has 0 bridgehead atoms. The van der Waals surface area contributed by atoms with Gasteiger partial charge in [-0.25, -0.2) is 4.39 Å². The van der Waals surface area contributed by atoms with Crippen molar-refractivity contribution in [3.05, 3.63) is 34.6 Å².